The van der Waals surface area contributed by atoms with E-state index in [1.54, 1.807) is 0 Å². The highest BCUT2D eigenvalue weighted by atomic mass is 16.3. The number of aliphatic hydroxyl groups is 1. The summed E-state index contributed by atoms with van der Waals surface area (Å²) >= 11 is 0. The highest BCUT2D eigenvalue weighted by Crippen LogP contribution is 2.27. The van der Waals surface area contributed by atoms with Crippen LogP contribution < -0.4 is 10.6 Å². The molecule has 3 rings (SSSR count). The minimum absolute atomic E-state index is 0.0383. The van der Waals surface area contributed by atoms with Gasteiger partial charge in [0.05, 0.1) is 0 Å². The van der Waals surface area contributed by atoms with Crippen molar-refractivity contribution in [2.45, 2.75) is 75.9 Å². The molecule has 5 nitrogen and oxygen atoms in total. The van der Waals surface area contributed by atoms with Crippen LogP contribution in [0.25, 0.3) is 0 Å². The highest BCUT2D eigenvalue weighted by molar-refractivity contribution is 5.74. The molecule has 0 aromatic rings. The maximum atomic E-state index is 12.2. The van der Waals surface area contributed by atoms with Gasteiger partial charge in [-0.05, 0) is 32.1 Å². The number of carbonyl (C=O) groups is 1. The Labute approximate surface area is 133 Å². The Kier molecular flexibility index (Phi) is 5.58. The summed E-state index contributed by atoms with van der Waals surface area (Å²) in [6.45, 7) is 2.31. The zero-order chi connectivity index (χ0) is 15.4. The van der Waals surface area contributed by atoms with Crippen molar-refractivity contribution in [1.29, 1.82) is 0 Å². The Morgan fingerprint density at radius 2 is 1.73 bits per heavy atom. The summed E-state index contributed by atoms with van der Waals surface area (Å²) in [6, 6.07) is 1.15. The lowest BCUT2D eigenvalue weighted by Crippen LogP contribution is -2.50. The Morgan fingerprint density at radius 1 is 1.00 bits per heavy atom. The van der Waals surface area contributed by atoms with Crippen LogP contribution in [0.2, 0.25) is 0 Å². The molecule has 3 unspecified atom stereocenters. The topological polar surface area (TPSA) is 64.6 Å². The van der Waals surface area contributed by atoms with E-state index < -0.39 is 0 Å². The number of carbonyl (C=O) groups excluding carboxylic acids is 1. The van der Waals surface area contributed by atoms with Crippen molar-refractivity contribution < 1.29 is 9.90 Å². The molecule has 0 radical (unpaired) electrons. The number of urea groups is 1. The third-order valence-electron chi connectivity index (χ3n) is 5.86. The van der Waals surface area contributed by atoms with Gasteiger partial charge in [-0.25, -0.2) is 4.79 Å². The Hall–Kier alpha value is -0.810. The summed E-state index contributed by atoms with van der Waals surface area (Å²) in [4.78, 5) is 14.8. The van der Waals surface area contributed by atoms with E-state index in [4.69, 9.17) is 0 Å². The van der Waals surface area contributed by atoms with E-state index in [0.717, 1.165) is 44.8 Å². The van der Waals surface area contributed by atoms with Crippen LogP contribution in [0, 0.1) is 5.92 Å². The fraction of sp³-hybridized carbons (Fsp3) is 0.941. The minimum Gasteiger partial charge on any atom is -0.396 e. The van der Waals surface area contributed by atoms with Crippen molar-refractivity contribution >= 4 is 6.03 Å². The van der Waals surface area contributed by atoms with Crippen LogP contribution in [0.5, 0.6) is 0 Å². The van der Waals surface area contributed by atoms with Crippen LogP contribution in [-0.4, -0.2) is 53.9 Å². The van der Waals surface area contributed by atoms with Crippen LogP contribution in [0.15, 0.2) is 0 Å². The van der Waals surface area contributed by atoms with Crippen molar-refractivity contribution in [3.05, 3.63) is 0 Å². The van der Waals surface area contributed by atoms with Crippen molar-refractivity contribution in [2.75, 3.05) is 19.7 Å². The molecular formula is C17H31N3O2. The second-order valence-electron chi connectivity index (χ2n) is 7.37. The maximum absolute atomic E-state index is 12.2. The molecule has 0 aromatic heterocycles. The van der Waals surface area contributed by atoms with Crippen LogP contribution in [0.4, 0.5) is 4.79 Å². The zero-order valence-corrected chi connectivity index (χ0v) is 13.6. The Bertz CT molecular complexity index is 371. The molecule has 5 heteroatoms. The Balaban J connectivity index is 1.42. The van der Waals surface area contributed by atoms with E-state index >= 15 is 0 Å². The maximum Gasteiger partial charge on any atom is 0.315 e. The first-order chi connectivity index (χ1) is 10.8. The molecule has 3 aliphatic rings. The lowest BCUT2D eigenvalue weighted by atomic mass is 9.85. The van der Waals surface area contributed by atoms with Crippen molar-refractivity contribution in [1.82, 2.24) is 15.5 Å². The molecule has 3 atom stereocenters. The van der Waals surface area contributed by atoms with Crippen molar-refractivity contribution in [3.63, 3.8) is 0 Å². The van der Waals surface area contributed by atoms with Crippen LogP contribution in [0.1, 0.15) is 57.8 Å². The predicted molar refractivity (Wildman–Crippen MR) is 86.7 cm³/mol. The summed E-state index contributed by atoms with van der Waals surface area (Å²) in [5.74, 6) is 0.234. The summed E-state index contributed by atoms with van der Waals surface area (Å²) in [5, 5.41) is 15.7. The number of rotatable bonds is 4. The summed E-state index contributed by atoms with van der Waals surface area (Å²) in [6.07, 6.45) is 10.8. The van der Waals surface area contributed by atoms with Crippen LogP contribution >= 0.6 is 0 Å². The summed E-state index contributed by atoms with van der Waals surface area (Å²) in [7, 11) is 0. The lowest BCUT2D eigenvalue weighted by Gasteiger charge is -2.31. The molecule has 0 aromatic carbocycles. The molecule has 1 heterocycles. The average Bonchev–Trinajstić information content (AvgIpc) is 3.18. The van der Waals surface area contributed by atoms with Gasteiger partial charge in [-0.1, -0.05) is 25.7 Å². The normalized spacial score (nSPS) is 34.0. The number of nitrogens with one attached hydrogen (secondary N) is 2. The third-order valence-corrected chi connectivity index (χ3v) is 5.86. The van der Waals surface area contributed by atoms with E-state index in [-0.39, 0.29) is 30.6 Å². The molecule has 2 amide bonds. The summed E-state index contributed by atoms with van der Waals surface area (Å²) in [5.41, 5.74) is 0. The monoisotopic (exact) mass is 309 g/mol. The van der Waals surface area contributed by atoms with Gasteiger partial charge < -0.3 is 15.7 Å². The smallest absolute Gasteiger partial charge is 0.315 e. The van der Waals surface area contributed by atoms with E-state index in [0.29, 0.717) is 0 Å². The molecule has 2 saturated carbocycles. The SMILES string of the molecule is O=C(NC1CCN(C2CCCC2)C1)NC1CCCCC1CO. The first kappa shape index (κ1) is 16.1. The standard InChI is InChI=1S/C17H31N3O2/c21-12-13-5-1-4-8-16(13)19-17(22)18-14-9-10-20(11-14)15-6-2-3-7-15/h13-16,21H,1-12H2,(H2,18,19,22). The fourth-order valence-corrected chi connectivity index (χ4v) is 4.52. The van der Waals surface area contributed by atoms with E-state index in [9.17, 15) is 9.90 Å². The number of hydrogen-bond acceptors (Lipinski definition) is 3. The second-order valence-corrected chi connectivity index (χ2v) is 7.37. The quantitative estimate of drug-likeness (QED) is 0.742. The summed E-state index contributed by atoms with van der Waals surface area (Å²) < 4.78 is 0. The van der Waals surface area contributed by atoms with Crippen molar-refractivity contribution in [3.8, 4) is 0 Å². The molecule has 3 N–H and O–H groups in total. The fourth-order valence-electron chi connectivity index (χ4n) is 4.52. The predicted octanol–water partition coefficient (Wildman–Crippen LogP) is 1.85. The Morgan fingerprint density at radius 3 is 2.50 bits per heavy atom. The van der Waals surface area contributed by atoms with Gasteiger partial charge in [-0.15, -0.1) is 0 Å². The van der Waals surface area contributed by atoms with Gasteiger partial charge in [0.1, 0.15) is 0 Å². The van der Waals surface area contributed by atoms with Gasteiger partial charge in [-0.2, -0.15) is 0 Å². The zero-order valence-electron chi connectivity index (χ0n) is 13.6. The van der Waals surface area contributed by atoms with Gasteiger partial charge in [0.25, 0.3) is 0 Å². The molecule has 1 saturated heterocycles. The minimum atomic E-state index is -0.0383. The van der Waals surface area contributed by atoms with Gasteiger partial charge >= 0.3 is 6.03 Å². The van der Waals surface area contributed by atoms with Gasteiger partial charge in [0.15, 0.2) is 0 Å². The number of amides is 2. The molecule has 2 aliphatic carbocycles. The number of likely N-dealkylation sites (tertiary alicyclic amines) is 1. The van der Waals surface area contributed by atoms with E-state index in [1.807, 2.05) is 0 Å². The molecule has 1 aliphatic heterocycles. The first-order valence-electron chi connectivity index (χ1n) is 9.18. The number of hydrogen-bond donors (Lipinski definition) is 3. The molecular weight excluding hydrogens is 278 g/mol. The largest absolute Gasteiger partial charge is 0.396 e. The van der Waals surface area contributed by atoms with E-state index in [1.165, 1.54) is 32.1 Å². The molecule has 0 bridgehead atoms. The number of nitrogens with zero attached hydrogens (tertiary/aromatic N) is 1. The highest BCUT2D eigenvalue weighted by Gasteiger charge is 2.31. The molecule has 3 fully saturated rings. The first-order valence-corrected chi connectivity index (χ1v) is 9.18. The molecule has 126 valence electrons. The average molecular weight is 309 g/mol. The molecule has 22 heavy (non-hydrogen) atoms. The van der Waals surface area contributed by atoms with Crippen LogP contribution in [-0.2, 0) is 0 Å². The van der Waals surface area contributed by atoms with E-state index in [2.05, 4.69) is 15.5 Å². The van der Waals surface area contributed by atoms with Gasteiger partial charge in [0.2, 0.25) is 0 Å². The second kappa shape index (κ2) is 7.64. The van der Waals surface area contributed by atoms with Gasteiger partial charge in [0, 0.05) is 43.7 Å². The van der Waals surface area contributed by atoms with Gasteiger partial charge in [-0.3, -0.25) is 4.90 Å². The molecule has 0 spiro atoms. The number of aliphatic hydroxyl groups excluding tert-OH is 1. The third kappa shape index (κ3) is 3.93. The van der Waals surface area contributed by atoms with Crippen molar-refractivity contribution in [2.24, 2.45) is 5.92 Å². The van der Waals surface area contributed by atoms with Crippen LogP contribution in [0.3, 0.4) is 0 Å². The lowest BCUT2D eigenvalue weighted by molar-refractivity contribution is 0.153.